The van der Waals surface area contributed by atoms with E-state index < -0.39 is 5.97 Å². The van der Waals surface area contributed by atoms with E-state index >= 15 is 0 Å². The molecule has 0 saturated carbocycles. The summed E-state index contributed by atoms with van der Waals surface area (Å²) < 4.78 is 6.00. The number of hydrogen-bond donors (Lipinski definition) is 2. The first-order chi connectivity index (χ1) is 9.10. The van der Waals surface area contributed by atoms with Crippen molar-refractivity contribution in [1.29, 1.82) is 0 Å². The van der Waals surface area contributed by atoms with Gasteiger partial charge in [-0.25, -0.2) is 9.78 Å². The second-order valence-electron chi connectivity index (χ2n) is 3.93. The predicted molar refractivity (Wildman–Crippen MR) is 74.3 cm³/mol. The van der Waals surface area contributed by atoms with Gasteiger partial charge in [0.2, 0.25) is 5.89 Å². The van der Waals surface area contributed by atoms with Crippen molar-refractivity contribution in [2.24, 2.45) is 0 Å². The number of aromatic nitrogens is 1. The van der Waals surface area contributed by atoms with E-state index in [4.69, 9.17) is 9.52 Å². The van der Waals surface area contributed by atoms with Crippen LogP contribution in [0.25, 0.3) is 0 Å². The monoisotopic (exact) mass is 324 g/mol. The molecule has 6 heteroatoms. The van der Waals surface area contributed by atoms with Crippen molar-refractivity contribution in [3.8, 4) is 0 Å². The van der Waals surface area contributed by atoms with Gasteiger partial charge in [-0.2, -0.15) is 0 Å². The van der Waals surface area contributed by atoms with Gasteiger partial charge in [-0.15, -0.1) is 0 Å². The van der Waals surface area contributed by atoms with Gasteiger partial charge in [-0.1, -0.05) is 6.92 Å². The zero-order valence-corrected chi connectivity index (χ0v) is 11.9. The van der Waals surface area contributed by atoms with Gasteiger partial charge in [0, 0.05) is 16.6 Å². The zero-order valence-electron chi connectivity index (χ0n) is 10.3. The highest BCUT2D eigenvalue weighted by Crippen LogP contribution is 2.22. The number of carboxylic acids is 1. The van der Waals surface area contributed by atoms with Crippen LogP contribution < -0.4 is 5.32 Å². The van der Waals surface area contributed by atoms with Gasteiger partial charge in [0.25, 0.3) is 0 Å². The molecule has 2 N–H and O–H groups in total. The highest BCUT2D eigenvalue weighted by molar-refractivity contribution is 9.10. The van der Waals surface area contributed by atoms with E-state index in [0.29, 0.717) is 16.9 Å². The smallest absolute Gasteiger partial charge is 0.336 e. The van der Waals surface area contributed by atoms with Crippen molar-refractivity contribution in [1.82, 2.24) is 4.98 Å². The molecule has 0 aliphatic carbocycles. The van der Waals surface area contributed by atoms with Gasteiger partial charge in [0.1, 0.15) is 5.76 Å². The second-order valence-corrected chi connectivity index (χ2v) is 4.78. The third-order valence-corrected chi connectivity index (χ3v) is 3.25. The minimum Gasteiger partial charge on any atom is -0.478 e. The molecule has 0 spiro atoms. The van der Waals surface area contributed by atoms with E-state index in [0.717, 1.165) is 17.9 Å². The van der Waals surface area contributed by atoms with Crippen LogP contribution >= 0.6 is 15.9 Å². The Balaban J connectivity index is 2.03. The maximum absolute atomic E-state index is 10.9. The molecule has 0 bridgehead atoms. The molecule has 0 radical (unpaired) electrons. The minimum atomic E-state index is -0.960. The summed E-state index contributed by atoms with van der Waals surface area (Å²) in [6, 6.07) is 4.97. The molecule has 0 aliphatic heterocycles. The lowest BCUT2D eigenvalue weighted by Crippen LogP contribution is -2.02. The molecule has 0 aliphatic rings. The average molecular weight is 325 g/mol. The van der Waals surface area contributed by atoms with Crippen LogP contribution in [-0.2, 0) is 13.0 Å². The minimum absolute atomic E-state index is 0.231. The fourth-order valence-electron chi connectivity index (χ4n) is 1.57. The van der Waals surface area contributed by atoms with E-state index in [1.54, 1.807) is 24.4 Å². The predicted octanol–water partition coefficient (Wildman–Crippen LogP) is 3.31. The molecular formula is C13H13BrN2O3. The van der Waals surface area contributed by atoms with Gasteiger partial charge in [-0.05, 0) is 34.1 Å². The molecular weight excluding hydrogens is 312 g/mol. The standard InChI is InChI=1S/C13H13BrN2O3/c1-2-9-6-16-12(19-9)7-15-8-3-4-10(13(17)18)11(14)5-8/h3-6,15H,2,7H2,1H3,(H,17,18). The number of carbonyl (C=O) groups is 1. The lowest BCUT2D eigenvalue weighted by Gasteiger charge is -2.06. The van der Waals surface area contributed by atoms with Crippen LogP contribution in [0.1, 0.15) is 28.9 Å². The zero-order chi connectivity index (χ0) is 13.8. The van der Waals surface area contributed by atoms with E-state index in [9.17, 15) is 4.79 Å². The highest BCUT2D eigenvalue weighted by atomic mass is 79.9. The third-order valence-electron chi connectivity index (χ3n) is 2.59. The van der Waals surface area contributed by atoms with Crippen molar-refractivity contribution < 1.29 is 14.3 Å². The Kier molecular flexibility index (Phi) is 4.21. The third kappa shape index (κ3) is 3.35. The normalized spacial score (nSPS) is 10.4. The van der Waals surface area contributed by atoms with Gasteiger partial charge >= 0.3 is 5.97 Å². The van der Waals surface area contributed by atoms with Gasteiger partial charge in [0.15, 0.2) is 0 Å². The summed E-state index contributed by atoms with van der Waals surface area (Å²) in [7, 11) is 0. The molecule has 0 saturated heterocycles. The summed E-state index contributed by atoms with van der Waals surface area (Å²) in [5.74, 6) is 0.494. The maximum atomic E-state index is 10.9. The number of carboxylic acid groups (broad SMARTS) is 1. The Morgan fingerprint density at radius 1 is 1.53 bits per heavy atom. The number of nitrogens with one attached hydrogen (secondary N) is 1. The average Bonchev–Trinajstić information content (AvgIpc) is 2.84. The summed E-state index contributed by atoms with van der Waals surface area (Å²) in [5.41, 5.74) is 1.03. The van der Waals surface area contributed by atoms with Crippen molar-refractivity contribution in [2.75, 3.05) is 5.32 Å². The quantitative estimate of drug-likeness (QED) is 0.882. The summed E-state index contributed by atoms with van der Waals surface area (Å²) in [6.07, 6.45) is 2.52. The topological polar surface area (TPSA) is 75.4 Å². The molecule has 100 valence electrons. The molecule has 2 rings (SSSR count). The van der Waals surface area contributed by atoms with Gasteiger partial charge in [0.05, 0.1) is 18.3 Å². The lowest BCUT2D eigenvalue weighted by atomic mass is 10.2. The molecule has 0 atom stereocenters. The summed E-state index contributed by atoms with van der Waals surface area (Å²) in [5, 5.41) is 12.0. The van der Waals surface area contributed by atoms with E-state index in [2.05, 4.69) is 26.2 Å². The maximum Gasteiger partial charge on any atom is 0.336 e. The number of anilines is 1. The molecule has 1 aromatic carbocycles. The fourth-order valence-corrected chi connectivity index (χ4v) is 2.12. The number of rotatable bonds is 5. The molecule has 0 amide bonds. The van der Waals surface area contributed by atoms with Crippen LogP contribution in [0, 0.1) is 0 Å². The summed E-state index contributed by atoms with van der Waals surface area (Å²) in [6.45, 7) is 2.46. The molecule has 1 aromatic heterocycles. The summed E-state index contributed by atoms with van der Waals surface area (Å²) >= 11 is 3.23. The Hall–Kier alpha value is -1.82. The number of oxazole rings is 1. The largest absolute Gasteiger partial charge is 0.478 e. The van der Waals surface area contributed by atoms with Gasteiger partial charge < -0.3 is 14.8 Å². The van der Waals surface area contributed by atoms with Crippen molar-refractivity contribution in [3.05, 3.63) is 46.1 Å². The number of aromatic carboxylic acids is 1. The number of nitrogens with zero attached hydrogens (tertiary/aromatic N) is 1. The van der Waals surface area contributed by atoms with Crippen LogP contribution in [0.15, 0.2) is 33.3 Å². The number of aryl methyl sites for hydroxylation is 1. The number of hydrogen-bond acceptors (Lipinski definition) is 4. The first-order valence-electron chi connectivity index (χ1n) is 5.80. The van der Waals surface area contributed by atoms with Crippen molar-refractivity contribution in [3.63, 3.8) is 0 Å². The molecule has 1 heterocycles. The molecule has 0 fully saturated rings. The van der Waals surface area contributed by atoms with Crippen molar-refractivity contribution >= 4 is 27.6 Å². The number of halogens is 1. The van der Waals surface area contributed by atoms with E-state index in [1.807, 2.05) is 6.92 Å². The Morgan fingerprint density at radius 2 is 2.32 bits per heavy atom. The molecule has 5 nitrogen and oxygen atoms in total. The second kappa shape index (κ2) is 5.88. The molecule has 0 unspecified atom stereocenters. The van der Waals surface area contributed by atoms with Crippen LogP contribution in [0.2, 0.25) is 0 Å². The highest BCUT2D eigenvalue weighted by Gasteiger charge is 2.09. The molecule has 2 aromatic rings. The SMILES string of the molecule is CCc1cnc(CNc2ccc(C(=O)O)c(Br)c2)o1. The van der Waals surface area contributed by atoms with E-state index in [-0.39, 0.29) is 5.56 Å². The summed E-state index contributed by atoms with van der Waals surface area (Å²) in [4.78, 5) is 15.0. The van der Waals surface area contributed by atoms with Crippen LogP contribution in [0.3, 0.4) is 0 Å². The lowest BCUT2D eigenvalue weighted by molar-refractivity contribution is 0.0696. The van der Waals surface area contributed by atoms with Crippen molar-refractivity contribution in [2.45, 2.75) is 19.9 Å². The van der Waals surface area contributed by atoms with Crippen LogP contribution in [0.4, 0.5) is 5.69 Å². The Bertz CT molecular complexity index is 595. The van der Waals surface area contributed by atoms with Gasteiger partial charge in [-0.3, -0.25) is 0 Å². The van der Waals surface area contributed by atoms with E-state index in [1.165, 1.54) is 0 Å². The van der Waals surface area contributed by atoms with Crippen LogP contribution in [-0.4, -0.2) is 16.1 Å². The van der Waals surface area contributed by atoms with Crippen LogP contribution in [0.5, 0.6) is 0 Å². The first-order valence-corrected chi connectivity index (χ1v) is 6.59. The first kappa shape index (κ1) is 13.6. The number of benzene rings is 1. The Labute approximate surface area is 118 Å². The Morgan fingerprint density at radius 3 is 2.89 bits per heavy atom. The fraction of sp³-hybridized carbons (Fsp3) is 0.231. The molecule has 19 heavy (non-hydrogen) atoms.